The van der Waals surface area contributed by atoms with E-state index in [2.05, 4.69) is 12.0 Å². The number of benzene rings is 1. The quantitative estimate of drug-likeness (QED) is 0.900. The Morgan fingerprint density at radius 2 is 1.94 bits per heavy atom. The summed E-state index contributed by atoms with van der Waals surface area (Å²) in [5, 5.41) is 4.38. The summed E-state index contributed by atoms with van der Waals surface area (Å²) in [6, 6.07) is 7.88. The van der Waals surface area contributed by atoms with E-state index in [1.54, 1.807) is 4.68 Å². The molecule has 1 aromatic carbocycles. The van der Waals surface area contributed by atoms with Gasteiger partial charge in [-0.3, -0.25) is 0 Å². The van der Waals surface area contributed by atoms with Crippen molar-refractivity contribution in [2.75, 3.05) is 5.73 Å². The van der Waals surface area contributed by atoms with Gasteiger partial charge in [0.2, 0.25) is 5.88 Å². The highest BCUT2D eigenvalue weighted by Gasteiger charge is 2.14. The average molecular weight is 245 g/mol. The van der Waals surface area contributed by atoms with E-state index in [0.29, 0.717) is 11.6 Å². The van der Waals surface area contributed by atoms with Crippen LogP contribution in [0.5, 0.6) is 11.6 Å². The van der Waals surface area contributed by atoms with Crippen LogP contribution in [0.2, 0.25) is 0 Å². The van der Waals surface area contributed by atoms with Gasteiger partial charge in [0.05, 0.1) is 5.69 Å². The number of nitrogens with two attached hydrogens (primary N) is 1. The second-order valence-electron chi connectivity index (χ2n) is 4.45. The lowest BCUT2D eigenvalue weighted by Gasteiger charge is -2.06. The molecule has 2 aromatic rings. The fourth-order valence-electron chi connectivity index (χ4n) is 1.84. The molecule has 0 bridgehead atoms. The fourth-order valence-corrected chi connectivity index (χ4v) is 1.84. The smallest absolute Gasteiger partial charge is 0.241 e. The van der Waals surface area contributed by atoms with E-state index in [1.807, 2.05) is 38.2 Å². The van der Waals surface area contributed by atoms with Gasteiger partial charge < -0.3 is 10.5 Å². The lowest BCUT2D eigenvalue weighted by molar-refractivity contribution is 0.432. The highest BCUT2D eigenvalue weighted by Crippen LogP contribution is 2.30. The highest BCUT2D eigenvalue weighted by atomic mass is 16.5. The van der Waals surface area contributed by atoms with Crippen molar-refractivity contribution < 1.29 is 4.74 Å². The van der Waals surface area contributed by atoms with E-state index in [0.717, 1.165) is 24.3 Å². The molecule has 0 saturated heterocycles. The van der Waals surface area contributed by atoms with Crippen molar-refractivity contribution in [2.24, 2.45) is 7.05 Å². The first-order valence-electron chi connectivity index (χ1n) is 6.17. The summed E-state index contributed by atoms with van der Waals surface area (Å²) in [4.78, 5) is 0. The predicted octanol–water partition coefficient (Wildman–Crippen LogP) is 3.06. The number of aromatic nitrogens is 2. The number of anilines is 1. The van der Waals surface area contributed by atoms with Crippen molar-refractivity contribution in [1.29, 1.82) is 0 Å². The van der Waals surface area contributed by atoms with Gasteiger partial charge in [0.15, 0.2) is 0 Å². The molecule has 0 atom stereocenters. The van der Waals surface area contributed by atoms with Crippen molar-refractivity contribution in [3.63, 3.8) is 0 Å². The molecule has 2 N–H and O–H groups in total. The van der Waals surface area contributed by atoms with Gasteiger partial charge in [-0.1, -0.05) is 31.0 Å². The third kappa shape index (κ3) is 2.47. The number of ether oxygens (including phenoxy) is 1. The van der Waals surface area contributed by atoms with Gasteiger partial charge in [0.25, 0.3) is 0 Å². The maximum Gasteiger partial charge on any atom is 0.241 e. The van der Waals surface area contributed by atoms with Crippen LogP contribution in [0.15, 0.2) is 24.3 Å². The molecule has 1 aromatic heterocycles. The number of aryl methyl sites for hydroxylation is 3. The standard InChI is InChI=1S/C14H19N3O/c1-4-5-12-13(15)14(17(3)16-12)18-11-8-6-10(2)7-9-11/h6-9H,4-5,15H2,1-3H3. The van der Waals surface area contributed by atoms with E-state index in [4.69, 9.17) is 10.5 Å². The van der Waals surface area contributed by atoms with Crippen LogP contribution in [0.25, 0.3) is 0 Å². The van der Waals surface area contributed by atoms with Crippen LogP contribution in [-0.4, -0.2) is 9.78 Å². The maximum absolute atomic E-state index is 6.06. The molecule has 0 aliphatic carbocycles. The fraction of sp³-hybridized carbons (Fsp3) is 0.357. The zero-order valence-electron chi connectivity index (χ0n) is 11.1. The number of hydrogen-bond donors (Lipinski definition) is 1. The first kappa shape index (κ1) is 12.5. The number of hydrogen-bond acceptors (Lipinski definition) is 3. The van der Waals surface area contributed by atoms with Crippen LogP contribution >= 0.6 is 0 Å². The molecule has 0 fully saturated rings. The van der Waals surface area contributed by atoms with Crippen molar-refractivity contribution >= 4 is 5.69 Å². The molecule has 96 valence electrons. The summed E-state index contributed by atoms with van der Waals surface area (Å²) < 4.78 is 7.49. The Kier molecular flexibility index (Phi) is 3.55. The van der Waals surface area contributed by atoms with Gasteiger partial charge in [0, 0.05) is 7.05 Å². The zero-order valence-corrected chi connectivity index (χ0v) is 11.1. The van der Waals surface area contributed by atoms with E-state index in [9.17, 15) is 0 Å². The number of rotatable bonds is 4. The van der Waals surface area contributed by atoms with E-state index >= 15 is 0 Å². The van der Waals surface area contributed by atoms with Gasteiger partial charge in [-0.2, -0.15) is 5.10 Å². The van der Waals surface area contributed by atoms with Crippen LogP contribution < -0.4 is 10.5 Å². The monoisotopic (exact) mass is 245 g/mol. The Labute approximate surface area is 107 Å². The molecule has 0 spiro atoms. The molecular weight excluding hydrogens is 226 g/mol. The van der Waals surface area contributed by atoms with E-state index in [1.165, 1.54) is 5.56 Å². The van der Waals surface area contributed by atoms with Crippen molar-refractivity contribution in [2.45, 2.75) is 26.7 Å². The Balaban J connectivity index is 2.26. The summed E-state index contributed by atoms with van der Waals surface area (Å²) >= 11 is 0. The van der Waals surface area contributed by atoms with Gasteiger partial charge in [0.1, 0.15) is 11.4 Å². The normalized spacial score (nSPS) is 10.6. The van der Waals surface area contributed by atoms with Gasteiger partial charge in [-0.05, 0) is 25.5 Å². The minimum atomic E-state index is 0.613. The first-order valence-corrected chi connectivity index (χ1v) is 6.17. The molecule has 0 aliphatic heterocycles. The summed E-state index contributed by atoms with van der Waals surface area (Å²) in [6.45, 7) is 4.15. The summed E-state index contributed by atoms with van der Waals surface area (Å²) in [7, 11) is 1.85. The Morgan fingerprint density at radius 1 is 1.28 bits per heavy atom. The predicted molar refractivity (Wildman–Crippen MR) is 72.9 cm³/mol. The zero-order chi connectivity index (χ0) is 13.1. The van der Waals surface area contributed by atoms with E-state index in [-0.39, 0.29) is 0 Å². The molecule has 0 amide bonds. The van der Waals surface area contributed by atoms with Crippen molar-refractivity contribution in [1.82, 2.24) is 9.78 Å². The lowest BCUT2D eigenvalue weighted by atomic mass is 10.2. The molecule has 0 radical (unpaired) electrons. The molecule has 1 heterocycles. The largest absolute Gasteiger partial charge is 0.437 e. The molecule has 4 heteroatoms. The third-order valence-corrected chi connectivity index (χ3v) is 2.83. The summed E-state index contributed by atoms with van der Waals surface area (Å²) in [5.41, 5.74) is 8.80. The minimum absolute atomic E-state index is 0.613. The molecule has 2 rings (SSSR count). The molecular formula is C14H19N3O. The van der Waals surface area contributed by atoms with Gasteiger partial charge in [-0.15, -0.1) is 0 Å². The third-order valence-electron chi connectivity index (χ3n) is 2.83. The van der Waals surface area contributed by atoms with Crippen molar-refractivity contribution in [3.05, 3.63) is 35.5 Å². The van der Waals surface area contributed by atoms with Crippen LogP contribution in [0.1, 0.15) is 24.6 Å². The molecule has 0 unspecified atom stereocenters. The molecule has 0 saturated carbocycles. The second-order valence-corrected chi connectivity index (χ2v) is 4.45. The van der Waals surface area contributed by atoms with Crippen LogP contribution in [0.4, 0.5) is 5.69 Å². The van der Waals surface area contributed by atoms with Gasteiger partial charge in [-0.25, -0.2) is 4.68 Å². The first-order chi connectivity index (χ1) is 8.61. The SMILES string of the molecule is CCCc1nn(C)c(Oc2ccc(C)cc2)c1N. The summed E-state index contributed by atoms with van der Waals surface area (Å²) in [5.74, 6) is 1.39. The second kappa shape index (κ2) is 5.12. The van der Waals surface area contributed by atoms with Crippen molar-refractivity contribution in [3.8, 4) is 11.6 Å². The minimum Gasteiger partial charge on any atom is -0.437 e. The maximum atomic E-state index is 6.06. The highest BCUT2D eigenvalue weighted by molar-refractivity contribution is 5.54. The van der Waals surface area contributed by atoms with Crippen LogP contribution in [-0.2, 0) is 13.5 Å². The number of nitrogens with zero attached hydrogens (tertiary/aromatic N) is 2. The Bertz CT molecular complexity index is 529. The van der Waals surface area contributed by atoms with Crippen LogP contribution in [0, 0.1) is 6.92 Å². The average Bonchev–Trinajstić information content (AvgIpc) is 2.60. The number of nitrogen functional groups attached to an aromatic ring is 1. The Hall–Kier alpha value is -1.97. The van der Waals surface area contributed by atoms with Gasteiger partial charge >= 0.3 is 0 Å². The molecule has 18 heavy (non-hydrogen) atoms. The molecule has 0 aliphatic rings. The van der Waals surface area contributed by atoms with Crippen LogP contribution in [0.3, 0.4) is 0 Å². The van der Waals surface area contributed by atoms with E-state index < -0.39 is 0 Å². The Morgan fingerprint density at radius 3 is 2.56 bits per heavy atom. The molecule has 4 nitrogen and oxygen atoms in total. The topological polar surface area (TPSA) is 53.1 Å². The summed E-state index contributed by atoms with van der Waals surface area (Å²) in [6.07, 6.45) is 1.89. The lowest BCUT2D eigenvalue weighted by Crippen LogP contribution is -1.96.